The molecule has 0 bridgehead atoms. The summed E-state index contributed by atoms with van der Waals surface area (Å²) in [6, 6.07) is 11.7. The van der Waals surface area contributed by atoms with E-state index >= 15 is 0 Å². The van der Waals surface area contributed by atoms with Crippen LogP contribution in [0.5, 0.6) is 0 Å². The largest absolute Gasteiger partial charge is 0.481 e. The number of carboxylic acids is 1. The summed E-state index contributed by atoms with van der Waals surface area (Å²) in [5.41, 5.74) is 4.46. The molecule has 4 aromatic rings. The third-order valence-corrected chi connectivity index (χ3v) is 5.67. The van der Waals surface area contributed by atoms with Crippen LogP contribution in [-0.2, 0) is 4.79 Å². The van der Waals surface area contributed by atoms with Gasteiger partial charge in [0.2, 0.25) is 0 Å². The number of hydrogen-bond donors (Lipinski definition) is 1. The average Bonchev–Trinajstić information content (AvgIpc) is 3.32. The van der Waals surface area contributed by atoms with Crippen molar-refractivity contribution in [2.75, 3.05) is 0 Å². The molecule has 0 fully saturated rings. The molecule has 0 atom stereocenters. The second kappa shape index (κ2) is 7.09. The summed E-state index contributed by atoms with van der Waals surface area (Å²) in [7, 11) is 0. The van der Waals surface area contributed by atoms with E-state index in [4.69, 9.17) is 4.52 Å². The van der Waals surface area contributed by atoms with E-state index in [2.05, 4.69) is 10.1 Å². The molecule has 28 heavy (non-hydrogen) atoms. The van der Waals surface area contributed by atoms with E-state index in [0.29, 0.717) is 11.4 Å². The molecule has 142 valence electrons. The first-order valence-electron chi connectivity index (χ1n) is 8.83. The maximum atomic E-state index is 11.5. The summed E-state index contributed by atoms with van der Waals surface area (Å²) < 4.78 is 8.24. The van der Waals surface area contributed by atoms with E-state index in [9.17, 15) is 9.90 Å². The number of carbonyl (C=O) groups is 1. The molecule has 0 amide bonds. The van der Waals surface area contributed by atoms with Crippen molar-refractivity contribution in [1.29, 1.82) is 0 Å². The van der Waals surface area contributed by atoms with Gasteiger partial charge in [0, 0.05) is 17.5 Å². The summed E-state index contributed by atoms with van der Waals surface area (Å²) >= 11 is 1.51. The van der Waals surface area contributed by atoms with Crippen LogP contribution in [0.25, 0.3) is 27.7 Å². The first-order chi connectivity index (χ1) is 13.4. The highest BCUT2D eigenvalue weighted by Gasteiger charge is 2.16. The molecular weight excluding hydrogens is 374 g/mol. The molecular formula is C21H19N3O3S. The van der Waals surface area contributed by atoms with Gasteiger partial charge in [-0.15, -0.1) is 11.3 Å². The van der Waals surface area contributed by atoms with Crippen LogP contribution in [0.2, 0.25) is 0 Å². The van der Waals surface area contributed by atoms with Crippen molar-refractivity contribution in [3.05, 3.63) is 64.1 Å². The van der Waals surface area contributed by atoms with Gasteiger partial charge in [-0.2, -0.15) is 0 Å². The van der Waals surface area contributed by atoms with Gasteiger partial charge in [-0.05, 0) is 56.2 Å². The van der Waals surface area contributed by atoms with E-state index in [1.54, 1.807) is 0 Å². The standard InChI is InChI=1S/C21H19N3O3S/c1-12-8-15(14(3)24(12)19-9-13(2)27-23-19)10-16(11-20(25)26)21-22-17-6-4-5-7-18(17)28-21/h4-10H,11H2,1-3H3,(H,25,26)/b16-10+. The zero-order valence-corrected chi connectivity index (χ0v) is 16.6. The molecule has 0 aliphatic rings. The number of nitrogens with zero attached hydrogens (tertiary/aromatic N) is 3. The fourth-order valence-electron chi connectivity index (χ4n) is 3.29. The molecule has 0 aliphatic carbocycles. The van der Waals surface area contributed by atoms with Crippen molar-refractivity contribution in [2.24, 2.45) is 0 Å². The Bertz CT molecular complexity index is 1180. The molecule has 0 saturated carbocycles. The fraction of sp³-hybridized carbons (Fsp3) is 0.190. The SMILES string of the molecule is Cc1cc(-n2c(C)cc(/C=C(\CC(=O)O)c3nc4ccccc4s3)c2C)no1. The third-order valence-electron chi connectivity index (χ3n) is 4.55. The fourth-order valence-corrected chi connectivity index (χ4v) is 4.27. The minimum atomic E-state index is -0.883. The van der Waals surface area contributed by atoms with Crippen LogP contribution in [0.1, 0.15) is 34.1 Å². The van der Waals surface area contributed by atoms with Crippen LogP contribution in [0.3, 0.4) is 0 Å². The Morgan fingerprint density at radius 3 is 2.71 bits per heavy atom. The molecule has 3 heterocycles. The second-order valence-corrected chi connectivity index (χ2v) is 7.72. The van der Waals surface area contributed by atoms with Gasteiger partial charge in [0.1, 0.15) is 10.8 Å². The van der Waals surface area contributed by atoms with Gasteiger partial charge in [-0.25, -0.2) is 4.98 Å². The third kappa shape index (κ3) is 3.36. The first-order valence-corrected chi connectivity index (χ1v) is 9.65. The van der Waals surface area contributed by atoms with E-state index in [-0.39, 0.29) is 6.42 Å². The lowest BCUT2D eigenvalue weighted by atomic mass is 10.1. The van der Waals surface area contributed by atoms with Crippen LogP contribution >= 0.6 is 11.3 Å². The summed E-state index contributed by atoms with van der Waals surface area (Å²) in [4.78, 5) is 16.1. The number of hydrogen-bond acceptors (Lipinski definition) is 5. The second-order valence-electron chi connectivity index (χ2n) is 6.68. The topological polar surface area (TPSA) is 81.2 Å². The Kier molecular flexibility index (Phi) is 4.60. The highest BCUT2D eigenvalue weighted by atomic mass is 32.1. The lowest BCUT2D eigenvalue weighted by Gasteiger charge is -2.05. The lowest BCUT2D eigenvalue weighted by molar-refractivity contribution is -0.135. The van der Waals surface area contributed by atoms with Crippen LogP contribution in [0.15, 0.2) is 40.9 Å². The van der Waals surface area contributed by atoms with E-state index in [1.165, 1.54) is 11.3 Å². The van der Waals surface area contributed by atoms with Gasteiger partial charge in [-0.3, -0.25) is 9.36 Å². The number of benzene rings is 1. The minimum Gasteiger partial charge on any atom is -0.481 e. The number of para-hydroxylation sites is 1. The van der Waals surface area contributed by atoms with Crippen LogP contribution in [-0.4, -0.2) is 25.8 Å². The van der Waals surface area contributed by atoms with Crippen molar-refractivity contribution in [3.8, 4) is 5.82 Å². The van der Waals surface area contributed by atoms with Crippen LogP contribution < -0.4 is 0 Å². The number of fused-ring (bicyclic) bond motifs is 1. The Labute approximate surface area is 165 Å². The molecule has 6 nitrogen and oxygen atoms in total. The number of aliphatic carboxylic acids is 1. The van der Waals surface area contributed by atoms with Gasteiger partial charge >= 0.3 is 5.97 Å². The zero-order valence-electron chi connectivity index (χ0n) is 15.8. The molecule has 0 saturated heterocycles. The Hall–Kier alpha value is -3.19. The average molecular weight is 393 g/mol. The Morgan fingerprint density at radius 1 is 1.25 bits per heavy atom. The maximum absolute atomic E-state index is 11.5. The molecule has 3 aromatic heterocycles. The summed E-state index contributed by atoms with van der Waals surface area (Å²) in [6.07, 6.45) is 1.82. The van der Waals surface area contributed by atoms with Crippen LogP contribution in [0, 0.1) is 20.8 Å². The Balaban J connectivity index is 1.82. The van der Waals surface area contributed by atoms with Gasteiger partial charge in [0.25, 0.3) is 0 Å². The molecule has 4 rings (SSSR count). The number of thiazole rings is 1. The Morgan fingerprint density at radius 2 is 2.04 bits per heavy atom. The van der Waals surface area contributed by atoms with Gasteiger partial charge < -0.3 is 9.63 Å². The summed E-state index contributed by atoms with van der Waals surface area (Å²) in [6.45, 7) is 5.83. The predicted octanol–water partition coefficient (Wildman–Crippen LogP) is 5.02. The highest BCUT2D eigenvalue weighted by molar-refractivity contribution is 7.19. The number of carboxylic acid groups (broad SMARTS) is 1. The molecule has 0 radical (unpaired) electrons. The van der Waals surface area contributed by atoms with Gasteiger partial charge in [-0.1, -0.05) is 17.3 Å². The first kappa shape index (κ1) is 18.2. The monoisotopic (exact) mass is 393 g/mol. The number of aromatic nitrogens is 3. The van der Waals surface area contributed by atoms with E-state index in [1.807, 2.05) is 67.8 Å². The molecule has 1 aromatic carbocycles. The minimum absolute atomic E-state index is 0.0907. The van der Waals surface area contributed by atoms with Crippen LogP contribution in [0.4, 0.5) is 0 Å². The molecule has 0 spiro atoms. The summed E-state index contributed by atoms with van der Waals surface area (Å²) in [5.74, 6) is 0.569. The molecule has 0 unspecified atom stereocenters. The van der Waals surface area contributed by atoms with Crippen molar-refractivity contribution in [1.82, 2.24) is 14.7 Å². The van der Waals surface area contributed by atoms with Crippen molar-refractivity contribution in [3.63, 3.8) is 0 Å². The van der Waals surface area contributed by atoms with Gasteiger partial charge in [0.15, 0.2) is 5.82 Å². The lowest BCUT2D eigenvalue weighted by Crippen LogP contribution is -1.99. The quantitative estimate of drug-likeness (QED) is 0.515. The number of rotatable bonds is 5. The van der Waals surface area contributed by atoms with Crippen molar-refractivity contribution >= 4 is 39.2 Å². The molecule has 0 aliphatic heterocycles. The van der Waals surface area contributed by atoms with E-state index in [0.717, 1.165) is 37.9 Å². The van der Waals surface area contributed by atoms with Crippen molar-refractivity contribution in [2.45, 2.75) is 27.2 Å². The molecule has 7 heteroatoms. The van der Waals surface area contributed by atoms with E-state index < -0.39 is 5.97 Å². The smallest absolute Gasteiger partial charge is 0.307 e. The zero-order chi connectivity index (χ0) is 19.8. The number of aryl methyl sites for hydroxylation is 2. The molecule has 1 N–H and O–H groups in total. The van der Waals surface area contributed by atoms with Gasteiger partial charge in [0.05, 0.1) is 16.6 Å². The normalized spacial score (nSPS) is 12.0. The maximum Gasteiger partial charge on any atom is 0.307 e. The predicted molar refractivity (Wildman–Crippen MR) is 110 cm³/mol. The highest BCUT2D eigenvalue weighted by Crippen LogP contribution is 2.32. The van der Waals surface area contributed by atoms with Crippen molar-refractivity contribution < 1.29 is 14.4 Å². The summed E-state index contributed by atoms with van der Waals surface area (Å²) in [5, 5.41) is 14.2.